The number of ketones is 1. The summed E-state index contributed by atoms with van der Waals surface area (Å²) < 4.78 is 0. The monoisotopic (exact) mass is 427 g/mol. The molecule has 1 unspecified atom stereocenters. The Morgan fingerprint density at radius 2 is 1.23 bits per heavy atom. The molecule has 1 heterocycles. The SMILES string of the molecule is C[Si](C)(C)CC(=O)C1CCCN1C(c1ccccc1)(c1ccccc1)c1ccccc1. The fourth-order valence-electron chi connectivity index (χ4n) is 5.18. The van der Waals surface area contributed by atoms with Crippen molar-refractivity contribution in [3.8, 4) is 0 Å². The Morgan fingerprint density at radius 3 is 1.61 bits per heavy atom. The topological polar surface area (TPSA) is 20.3 Å². The summed E-state index contributed by atoms with van der Waals surface area (Å²) >= 11 is 0. The Morgan fingerprint density at radius 1 is 0.806 bits per heavy atom. The molecule has 0 bridgehead atoms. The Hall–Kier alpha value is -2.49. The molecule has 3 aromatic carbocycles. The van der Waals surface area contributed by atoms with Gasteiger partial charge in [-0.3, -0.25) is 9.69 Å². The van der Waals surface area contributed by atoms with Gasteiger partial charge in [0.05, 0.1) is 19.7 Å². The van der Waals surface area contributed by atoms with Gasteiger partial charge in [-0.05, 0) is 29.5 Å². The van der Waals surface area contributed by atoms with Crippen LogP contribution < -0.4 is 0 Å². The number of likely N-dealkylation sites (tertiary alicyclic amines) is 1. The van der Waals surface area contributed by atoms with Crippen molar-refractivity contribution >= 4 is 13.9 Å². The minimum absolute atomic E-state index is 0.0488. The predicted octanol–water partition coefficient (Wildman–Crippen LogP) is 6.35. The first-order valence-electron chi connectivity index (χ1n) is 11.4. The van der Waals surface area contributed by atoms with Gasteiger partial charge in [0, 0.05) is 12.6 Å². The second-order valence-corrected chi connectivity index (χ2v) is 15.3. The summed E-state index contributed by atoms with van der Waals surface area (Å²) in [6.07, 6.45) is 1.99. The van der Waals surface area contributed by atoms with Crippen LogP contribution in [0.15, 0.2) is 91.0 Å². The van der Waals surface area contributed by atoms with Gasteiger partial charge < -0.3 is 0 Å². The Balaban J connectivity index is 1.95. The summed E-state index contributed by atoms with van der Waals surface area (Å²) in [5.74, 6) is 0.420. The molecule has 0 aliphatic carbocycles. The summed E-state index contributed by atoms with van der Waals surface area (Å²) in [7, 11) is -1.49. The molecule has 160 valence electrons. The summed E-state index contributed by atoms with van der Waals surface area (Å²) in [6.45, 7) is 7.80. The molecule has 0 aromatic heterocycles. The van der Waals surface area contributed by atoms with Crippen LogP contribution in [0.2, 0.25) is 25.7 Å². The molecule has 1 fully saturated rings. The minimum Gasteiger partial charge on any atom is -0.298 e. The Labute approximate surface area is 187 Å². The van der Waals surface area contributed by atoms with Gasteiger partial charge >= 0.3 is 0 Å². The van der Waals surface area contributed by atoms with E-state index in [9.17, 15) is 4.79 Å². The molecule has 0 radical (unpaired) electrons. The first kappa shape index (κ1) is 21.7. The third-order valence-electron chi connectivity index (χ3n) is 6.33. The maximum Gasteiger partial charge on any atom is 0.147 e. The van der Waals surface area contributed by atoms with E-state index in [4.69, 9.17) is 0 Å². The number of hydrogen-bond donors (Lipinski definition) is 0. The van der Waals surface area contributed by atoms with Crippen molar-refractivity contribution in [2.45, 2.75) is 50.1 Å². The van der Waals surface area contributed by atoms with Gasteiger partial charge in [0.1, 0.15) is 5.78 Å². The quantitative estimate of drug-likeness (QED) is 0.323. The van der Waals surface area contributed by atoms with E-state index < -0.39 is 13.6 Å². The van der Waals surface area contributed by atoms with Crippen molar-refractivity contribution in [1.82, 2.24) is 4.90 Å². The summed E-state index contributed by atoms with van der Waals surface area (Å²) in [4.78, 5) is 16.1. The number of benzene rings is 3. The van der Waals surface area contributed by atoms with Crippen LogP contribution in [0, 0.1) is 0 Å². The molecule has 31 heavy (non-hydrogen) atoms. The third kappa shape index (κ3) is 4.30. The van der Waals surface area contributed by atoms with Crippen LogP contribution in [0.4, 0.5) is 0 Å². The molecule has 3 aromatic rings. The van der Waals surface area contributed by atoms with Gasteiger partial charge in [-0.25, -0.2) is 0 Å². The minimum atomic E-state index is -1.49. The molecule has 0 N–H and O–H groups in total. The van der Waals surface area contributed by atoms with E-state index >= 15 is 0 Å². The molecule has 1 atom stereocenters. The highest BCUT2D eigenvalue weighted by atomic mass is 28.3. The zero-order valence-corrected chi connectivity index (χ0v) is 19.9. The average Bonchev–Trinajstić information content (AvgIpc) is 3.26. The fourth-order valence-corrected chi connectivity index (χ4v) is 6.46. The van der Waals surface area contributed by atoms with Crippen LogP contribution in [-0.2, 0) is 10.3 Å². The Bertz CT molecular complexity index is 899. The largest absolute Gasteiger partial charge is 0.298 e. The van der Waals surface area contributed by atoms with Crippen LogP contribution >= 0.6 is 0 Å². The van der Waals surface area contributed by atoms with Gasteiger partial charge in [-0.2, -0.15) is 0 Å². The van der Waals surface area contributed by atoms with Crippen molar-refractivity contribution in [2.75, 3.05) is 6.54 Å². The zero-order chi connectivity index (χ0) is 21.9. The second kappa shape index (κ2) is 8.94. The average molecular weight is 428 g/mol. The first-order valence-corrected chi connectivity index (χ1v) is 15.1. The normalized spacial score (nSPS) is 17.6. The number of rotatable bonds is 7. The van der Waals surface area contributed by atoms with Gasteiger partial charge in [0.25, 0.3) is 0 Å². The molecule has 4 rings (SSSR count). The second-order valence-electron chi connectivity index (χ2n) is 9.86. The molecule has 0 saturated carbocycles. The van der Waals surface area contributed by atoms with E-state index in [1.807, 2.05) is 0 Å². The number of hydrogen-bond acceptors (Lipinski definition) is 2. The molecule has 3 heteroatoms. The lowest BCUT2D eigenvalue weighted by molar-refractivity contribution is -0.122. The number of nitrogens with zero attached hydrogens (tertiary/aromatic N) is 1. The highest BCUT2D eigenvalue weighted by molar-refractivity contribution is 6.78. The molecular weight excluding hydrogens is 394 g/mol. The molecule has 2 nitrogen and oxygen atoms in total. The van der Waals surface area contributed by atoms with Crippen molar-refractivity contribution < 1.29 is 4.79 Å². The van der Waals surface area contributed by atoms with E-state index in [-0.39, 0.29) is 6.04 Å². The van der Waals surface area contributed by atoms with Crippen molar-refractivity contribution in [1.29, 1.82) is 0 Å². The standard InChI is InChI=1S/C28H33NOSi/c1-31(2,3)22-27(30)26-20-13-21-29(26)28(23-14-7-4-8-15-23,24-16-9-5-10-17-24)25-18-11-6-12-19-25/h4-12,14-19,26H,13,20-22H2,1-3H3. The third-order valence-corrected chi connectivity index (χ3v) is 7.74. The lowest BCUT2D eigenvalue weighted by Crippen LogP contribution is -2.53. The molecule has 0 spiro atoms. The Kier molecular flexibility index (Phi) is 6.26. The van der Waals surface area contributed by atoms with Crippen molar-refractivity contribution in [3.05, 3.63) is 108 Å². The highest BCUT2D eigenvalue weighted by Gasteiger charge is 2.48. The molecular formula is C28H33NOSi. The van der Waals surface area contributed by atoms with E-state index in [0.717, 1.165) is 25.4 Å². The van der Waals surface area contributed by atoms with Gasteiger partial charge in [0.15, 0.2) is 0 Å². The van der Waals surface area contributed by atoms with Crippen LogP contribution in [0.5, 0.6) is 0 Å². The highest BCUT2D eigenvalue weighted by Crippen LogP contribution is 2.46. The molecule has 1 saturated heterocycles. The van der Waals surface area contributed by atoms with Crippen LogP contribution in [0.25, 0.3) is 0 Å². The first-order chi connectivity index (χ1) is 14.9. The lowest BCUT2D eigenvalue weighted by atomic mass is 9.75. The van der Waals surface area contributed by atoms with E-state index in [0.29, 0.717) is 5.78 Å². The van der Waals surface area contributed by atoms with Crippen LogP contribution in [-0.4, -0.2) is 31.3 Å². The number of Topliss-reactive ketones (excluding diaryl/α,β-unsaturated/α-hetero) is 1. The zero-order valence-electron chi connectivity index (χ0n) is 18.9. The van der Waals surface area contributed by atoms with E-state index in [2.05, 4.69) is 116 Å². The maximum atomic E-state index is 13.6. The summed E-state index contributed by atoms with van der Waals surface area (Å²) in [6, 6.07) is 32.9. The summed E-state index contributed by atoms with van der Waals surface area (Å²) in [5.41, 5.74) is 3.18. The smallest absolute Gasteiger partial charge is 0.147 e. The number of carbonyl (C=O) groups is 1. The van der Waals surface area contributed by atoms with Crippen LogP contribution in [0.3, 0.4) is 0 Å². The summed E-state index contributed by atoms with van der Waals surface area (Å²) in [5, 5.41) is 0. The maximum absolute atomic E-state index is 13.6. The van der Waals surface area contributed by atoms with Crippen molar-refractivity contribution in [3.63, 3.8) is 0 Å². The number of carbonyl (C=O) groups excluding carboxylic acids is 1. The molecule has 0 amide bonds. The lowest BCUT2D eigenvalue weighted by Gasteiger charge is -2.46. The van der Waals surface area contributed by atoms with E-state index in [1.54, 1.807) is 0 Å². The van der Waals surface area contributed by atoms with E-state index in [1.165, 1.54) is 16.7 Å². The van der Waals surface area contributed by atoms with Crippen LogP contribution in [0.1, 0.15) is 29.5 Å². The van der Waals surface area contributed by atoms with Gasteiger partial charge in [0.2, 0.25) is 0 Å². The van der Waals surface area contributed by atoms with Gasteiger partial charge in [-0.15, -0.1) is 0 Å². The molecule has 1 aliphatic heterocycles. The predicted molar refractivity (Wildman–Crippen MR) is 132 cm³/mol. The van der Waals surface area contributed by atoms with Gasteiger partial charge in [-0.1, -0.05) is 111 Å². The molecule has 1 aliphatic rings. The van der Waals surface area contributed by atoms with Crippen molar-refractivity contribution in [2.24, 2.45) is 0 Å². The fraction of sp³-hybridized carbons (Fsp3) is 0.321.